The monoisotopic (exact) mass is 352 g/mol. The number of hydrogen-bond acceptors (Lipinski definition) is 4. The summed E-state index contributed by atoms with van der Waals surface area (Å²) in [6, 6.07) is 19.7. The number of fused-ring (bicyclic) bond motifs is 1. The normalized spacial score (nSPS) is 15.8. The van der Waals surface area contributed by atoms with Crippen molar-refractivity contribution in [1.29, 1.82) is 0 Å². The molecule has 0 saturated carbocycles. The molecule has 1 aliphatic rings. The molecule has 0 radical (unpaired) electrons. The van der Waals surface area contributed by atoms with E-state index in [1.165, 1.54) is 26.2 Å². The van der Waals surface area contributed by atoms with Gasteiger partial charge < -0.3 is 9.64 Å². The lowest BCUT2D eigenvalue weighted by atomic mass is 10.1. The van der Waals surface area contributed by atoms with E-state index < -0.39 is 0 Å². The second-order valence-corrected chi connectivity index (χ2v) is 7.75. The van der Waals surface area contributed by atoms with E-state index in [0.717, 1.165) is 32.7 Å². The van der Waals surface area contributed by atoms with Gasteiger partial charge in [0.1, 0.15) is 0 Å². The van der Waals surface area contributed by atoms with Gasteiger partial charge in [0.2, 0.25) is 0 Å². The lowest BCUT2D eigenvalue weighted by molar-refractivity contribution is 0.187. The molecule has 2 aromatic carbocycles. The van der Waals surface area contributed by atoms with Gasteiger partial charge in [-0.3, -0.25) is 4.90 Å². The second-order valence-electron chi connectivity index (χ2n) is 6.58. The SMILES string of the molecule is COCc1cc2c(N3CCN(Cc4ccccc4)CC3)cccc2s1. The molecule has 1 aliphatic heterocycles. The van der Waals surface area contributed by atoms with Crippen LogP contribution in [-0.2, 0) is 17.9 Å². The van der Waals surface area contributed by atoms with Crippen molar-refractivity contribution in [2.45, 2.75) is 13.2 Å². The smallest absolute Gasteiger partial charge is 0.0806 e. The highest BCUT2D eigenvalue weighted by molar-refractivity contribution is 7.19. The summed E-state index contributed by atoms with van der Waals surface area (Å²) < 4.78 is 6.66. The van der Waals surface area contributed by atoms with Crippen LogP contribution in [0.25, 0.3) is 10.1 Å². The molecule has 25 heavy (non-hydrogen) atoms. The van der Waals surface area contributed by atoms with Gasteiger partial charge in [-0.15, -0.1) is 11.3 Å². The molecule has 4 heteroatoms. The van der Waals surface area contributed by atoms with E-state index in [2.05, 4.69) is 64.4 Å². The van der Waals surface area contributed by atoms with Crippen LogP contribution in [-0.4, -0.2) is 38.2 Å². The standard InChI is InChI=1S/C21H24N2OS/c1-24-16-18-14-19-20(8-5-9-21(19)25-18)23-12-10-22(11-13-23)15-17-6-3-2-4-7-17/h2-9,14H,10-13,15-16H2,1H3. The first-order valence-electron chi connectivity index (χ1n) is 8.85. The summed E-state index contributed by atoms with van der Waals surface area (Å²) in [5.41, 5.74) is 2.77. The number of thiophene rings is 1. The minimum Gasteiger partial charge on any atom is -0.379 e. The lowest BCUT2D eigenvalue weighted by Gasteiger charge is -2.36. The van der Waals surface area contributed by atoms with E-state index in [9.17, 15) is 0 Å². The third-order valence-corrected chi connectivity index (χ3v) is 5.91. The first-order valence-corrected chi connectivity index (χ1v) is 9.67. The van der Waals surface area contributed by atoms with Crippen molar-refractivity contribution in [1.82, 2.24) is 4.90 Å². The molecule has 0 spiro atoms. The van der Waals surface area contributed by atoms with Crippen LogP contribution in [0.5, 0.6) is 0 Å². The minimum atomic E-state index is 0.698. The maximum Gasteiger partial charge on any atom is 0.0806 e. The van der Waals surface area contributed by atoms with Gasteiger partial charge in [-0.2, -0.15) is 0 Å². The van der Waals surface area contributed by atoms with Crippen LogP contribution in [0.3, 0.4) is 0 Å². The molecule has 1 saturated heterocycles. The average molecular weight is 353 g/mol. The third kappa shape index (κ3) is 3.71. The number of ether oxygens (including phenoxy) is 1. The molecular formula is C21H24N2OS. The van der Waals surface area contributed by atoms with Crippen molar-refractivity contribution in [3.63, 3.8) is 0 Å². The number of rotatable bonds is 5. The largest absolute Gasteiger partial charge is 0.379 e. The van der Waals surface area contributed by atoms with Crippen molar-refractivity contribution in [2.24, 2.45) is 0 Å². The maximum atomic E-state index is 5.30. The van der Waals surface area contributed by atoms with Crippen LogP contribution in [0.2, 0.25) is 0 Å². The summed E-state index contributed by atoms with van der Waals surface area (Å²) in [5, 5.41) is 1.37. The van der Waals surface area contributed by atoms with Crippen molar-refractivity contribution in [2.75, 3.05) is 38.2 Å². The first kappa shape index (κ1) is 16.6. The van der Waals surface area contributed by atoms with Gasteiger partial charge in [0.25, 0.3) is 0 Å². The average Bonchev–Trinajstić information content (AvgIpc) is 3.06. The van der Waals surface area contributed by atoms with Crippen LogP contribution >= 0.6 is 11.3 Å². The molecule has 0 N–H and O–H groups in total. The Morgan fingerprint density at radius 2 is 1.76 bits per heavy atom. The second kappa shape index (κ2) is 7.56. The zero-order chi connectivity index (χ0) is 17.1. The molecule has 130 valence electrons. The van der Waals surface area contributed by atoms with Crippen molar-refractivity contribution < 1.29 is 4.74 Å². The number of benzene rings is 2. The summed E-state index contributed by atoms with van der Waals surface area (Å²) >= 11 is 1.84. The fourth-order valence-corrected chi connectivity index (χ4v) is 4.63. The molecule has 1 aromatic heterocycles. The highest BCUT2D eigenvalue weighted by Crippen LogP contribution is 2.34. The molecule has 3 aromatic rings. The van der Waals surface area contributed by atoms with E-state index in [4.69, 9.17) is 4.74 Å². The Kier molecular flexibility index (Phi) is 5.02. The number of nitrogens with zero attached hydrogens (tertiary/aromatic N) is 2. The number of hydrogen-bond donors (Lipinski definition) is 0. The highest BCUT2D eigenvalue weighted by Gasteiger charge is 2.19. The van der Waals surface area contributed by atoms with E-state index in [1.807, 2.05) is 11.3 Å². The van der Waals surface area contributed by atoms with Crippen LogP contribution in [0.4, 0.5) is 5.69 Å². The number of piperazine rings is 1. The summed E-state index contributed by atoms with van der Waals surface area (Å²) in [7, 11) is 1.76. The van der Waals surface area contributed by atoms with Crippen LogP contribution in [0.15, 0.2) is 54.6 Å². The van der Waals surface area contributed by atoms with E-state index >= 15 is 0 Å². The van der Waals surface area contributed by atoms with E-state index in [1.54, 1.807) is 7.11 Å². The quantitative estimate of drug-likeness (QED) is 0.678. The number of methoxy groups -OCH3 is 1. The van der Waals surface area contributed by atoms with Gasteiger partial charge >= 0.3 is 0 Å². The summed E-state index contributed by atoms with van der Waals surface area (Å²) in [6.07, 6.45) is 0. The van der Waals surface area contributed by atoms with Crippen molar-refractivity contribution >= 4 is 27.1 Å². The van der Waals surface area contributed by atoms with Gasteiger partial charge in [0.05, 0.1) is 6.61 Å². The van der Waals surface area contributed by atoms with E-state index in [0.29, 0.717) is 6.61 Å². The van der Waals surface area contributed by atoms with Gasteiger partial charge in [-0.05, 0) is 23.8 Å². The Bertz CT molecular complexity index is 822. The molecule has 4 rings (SSSR count). The molecule has 0 aliphatic carbocycles. The van der Waals surface area contributed by atoms with Crippen molar-refractivity contribution in [3.05, 3.63) is 65.0 Å². The summed E-state index contributed by atoms with van der Waals surface area (Å²) in [6.45, 7) is 6.14. The van der Waals surface area contributed by atoms with Crippen LogP contribution in [0, 0.1) is 0 Å². The molecule has 2 heterocycles. The van der Waals surface area contributed by atoms with Gasteiger partial charge in [-0.25, -0.2) is 0 Å². The molecule has 0 unspecified atom stereocenters. The molecule has 0 amide bonds. The molecule has 0 bridgehead atoms. The fraction of sp³-hybridized carbons (Fsp3) is 0.333. The van der Waals surface area contributed by atoms with Gasteiger partial charge in [-0.1, -0.05) is 36.4 Å². The number of anilines is 1. The molecular weight excluding hydrogens is 328 g/mol. The minimum absolute atomic E-state index is 0.698. The van der Waals surface area contributed by atoms with Gasteiger partial charge in [0, 0.05) is 60.5 Å². The molecule has 1 fully saturated rings. The predicted octanol–water partition coefficient (Wildman–Crippen LogP) is 4.37. The topological polar surface area (TPSA) is 15.7 Å². The summed E-state index contributed by atoms with van der Waals surface area (Å²) in [5.74, 6) is 0. The van der Waals surface area contributed by atoms with Crippen molar-refractivity contribution in [3.8, 4) is 0 Å². The van der Waals surface area contributed by atoms with Crippen LogP contribution < -0.4 is 4.90 Å². The Morgan fingerprint density at radius 1 is 0.960 bits per heavy atom. The predicted molar refractivity (Wildman–Crippen MR) is 106 cm³/mol. The Hall–Kier alpha value is -1.88. The maximum absolute atomic E-state index is 5.30. The Balaban J connectivity index is 1.46. The molecule has 0 atom stereocenters. The zero-order valence-corrected chi connectivity index (χ0v) is 15.5. The fourth-order valence-electron chi connectivity index (χ4n) is 3.58. The van der Waals surface area contributed by atoms with Crippen LogP contribution in [0.1, 0.15) is 10.4 Å². The summed E-state index contributed by atoms with van der Waals surface area (Å²) in [4.78, 5) is 6.39. The highest BCUT2D eigenvalue weighted by atomic mass is 32.1. The lowest BCUT2D eigenvalue weighted by Crippen LogP contribution is -2.46. The Labute approximate surface area is 153 Å². The first-order chi connectivity index (χ1) is 12.3. The Morgan fingerprint density at radius 3 is 2.52 bits per heavy atom. The van der Waals surface area contributed by atoms with E-state index in [-0.39, 0.29) is 0 Å². The molecule has 3 nitrogen and oxygen atoms in total. The van der Waals surface area contributed by atoms with Gasteiger partial charge in [0.15, 0.2) is 0 Å². The third-order valence-electron chi connectivity index (χ3n) is 4.84. The zero-order valence-electron chi connectivity index (χ0n) is 14.6.